The third-order valence-corrected chi connectivity index (χ3v) is 9.57. The lowest BCUT2D eigenvalue weighted by molar-refractivity contribution is -0.150. The Hall–Kier alpha value is -2.77. The van der Waals surface area contributed by atoms with Crippen molar-refractivity contribution in [1.29, 1.82) is 0 Å². The average Bonchev–Trinajstić information content (AvgIpc) is 3.03. The lowest BCUT2D eigenvalue weighted by Crippen LogP contribution is -2.60. The Bertz CT molecular complexity index is 1110. The van der Waals surface area contributed by atoms with Gasteiger partial charge in [-0.15, -0.1) is 0 Å². The predicted molar refractivity (Wildman–Crippen MR) is 165 cm³/mol. The zero-order chi connectivity index (χ0) is 30.9. The quantitative estimate of drug-likeness (QED) is 0.432. The van der Waals surface area contributed by atoms with Crippen LogP contribution < -0.4 is 10.6 Å². The smallest absolute Gasteiger partial charge is 0.249 e. The number of nitrogens with one attached hydrogen (secondary N) is 2. The standard InChI is InChI=1S/C32H50N6O6/c1-35-12-6-25(7-13-35)34-26-8-16-37-28(20-26)32(42)33-11-17-43-18-19-44-23-31(41)38(22-30(37)40)27-9-14-36(15-10-27)21-24-4-2-3-5-29(24)39/h2-5,25-28,34,39H,6-23H2,1H3,(H,33,42)/t26-,28+/m1/s1. The Balaban J connectivity index is 1.25. The fourth-order valence-corrected chi connectivity index (χ4v) is 6.93. The molecule has 5 rings (SSSR count). The third-order valence-electron chi connectivity index (χ3n) is 9.57. The van der Waals surface area contributed by atoms with Gasteiger partial charge in [-0.2, -0.15) is 0 Å². The molecule has 0 saturated carbocycles. The van der Waals surface area contributed by atoms with Crippen molar-refractivity contribution in [2.75, 3.05) is 79.3 Å². The number of amides is 3. The SMILES string of the molecule is CN1CCC(N[C@@H]2CCN3C(=O)CN(C4CCN(Cc5ccccc5O)CC4)C(=O)COCCOCCNC(=O)[C@@H]3C2)CC1. The number of nitrogens with zero attached hydrogens (tertiary/aromatic N) is 4. The molecule has 0 unspecified atom stereocenters. The van der Waals surface area contributed by atoms with Gasteiger partial charge in [0.15, 0.2) is 0 Å². The monoisotopic (exact) mass is 614 g/mol. The molecule has 12 nitrogen and oxygen atoms in total. The van der Waals surface area contributed by atoms with Crippen molar-refractivity contribution in [1.82, 2.24) is 30.2 Å². The van der Waals surface area contributed by atoms with Crippen LogP contribution in [0.15, 0.2) is 24.3 Å². The second-order valence-corrected chi connectivity index (χ2v) is 12.7. The van der Waals surface area contributed by atoms with Crippen LogP contribution in [-0.4, -0.2) is 146 Å². The lowest BCUT2D eigenvalue weighted by Gasteiger charge is -2.43. The summed E-state index contributed by atoms with van der Waals surface area (Å²) in [5, 5.41) is 17.0. The van der Waals surface area contributed by atoms with E-state index in [9.17, 15) is 19.5 Å². The minimum atomic E-state index is -0.598. The van der Waals surface area contributed by atoms with E-state index < -0.39 is 6.04 Å². The number of rotatable bonds is 5. The van der Waals surface area contributed by atoms with Crippen molar-refractivity contribution in [3.8, 4) is 5.75 Å². The van der Waals surface area contributed by atoms with Crippen LogP contribution >= 0.6 is 0 Å². The number of phenols is 1. The molecule has 0 spiro atoms. The fraction of sp³-hybridized carbons (Fsp3) is 0.719. The first-order valence-corrected chi connectivity index (χ1v) is 16.3. The summed E-state index contributed by atoms with van der Waals surface area (Å²) >= 11 is 0. The molecule has 2 atom stereocenters. The van der Waals surface area contributed by atoms with Gasteiger partial charge < -0.3 is 39.9 Å². The van der Waals surface area contributed by atoms with E-state index in [1.807, 2.05) is 18.2 Å². The first-order chi connectivity index (χ1) is 21.4. The number of aromatic hydroxyl groups is 1. The van der Waals surface area contributed by atoms with Crippen LogP contribution in [0.3, 0.4) is 0 Å². The second-order valence-electron chi connectivity index (χ2n) is 12.7. The van der Waals surface area contributed by atoms with Crippen LogP contribution in [0.1, 0.15) is 44.1 Å². The molecule has 3 amide bonds. The zero-order valence-electron chi connectivity index (χ0n) is 26.1. The number of fused-ring (bicyclic) bond motifs is 1. The van der Waals surface area contributed by atoms with E-state index in [1.54, 1.807) is 15.9 Å². The molecule has 4 aliphatic rings. The molecule has 1 aromatic carbocycles. The number of piperidine rings is 3. The van der Waals surface area contributed by atoms with Crippen molar-refractivity contribution in [3.63, 3.8) is 0 Å². The van der Waals surface area contributed by atoms with E-state index in [-0.39, 0.29) is 55.3 Å². The van der Waals surface area contributed by atoms with Gasteiger partial charge in [0.25, 0.3) is 0 Å². The summed E-state index contributed by atoms with van der Waals surface area (Å²) in [5.41, 5.74) is 0.875. The summed E-state index contributed by atoms with van der Waals surface area (Å²) in [5.74, 6) is -0.296. The first kappa shape index (κ1) is 32.6. The van der Waals surface area contributed by atoms with Crippen LogP contribution in [0.4, 0.5) is 0 Å². The van der Waals surface area contributed by atoms with E-state index in [0.717, 1.165) is 51.0 Å². The molecule has 0 radical (unpaired) electrons. The molecule has 4 saturated heterocycles. The number of ether oxygens (including phenoxy) is 2. The summed E-state index contributed by atoms with van der Waals surface area (Å²) in [7, 11) is 2.14. The van der Waals surface area contributed by atoms with Crippen LogP contribution in [0.5, 0.6) is 5.75 Å². The summed E-state index contributed by atoms with van der Waals surface area (Å²) in [6.07, 6.45) is 4.90. The Kier molecular flexibility index (Phi) is 11.9. The normalized spacial score (nSPS) is 27.0. The van der Waals surface area contributed by atoms with Crippen molar-refractivity contribution < 1.29 is 29.0 Å². The largest absolute Gasteiger partial charge is 0.508 e. The predicted octanol–water partition coefficient (Wildman–Crippen LogP) is 0.392. The third kappa shape index (κ3) is 8.91. The number of hydrogen-bond donors (Lipinski definition) is 3. The average molecular weight is 615 g/mol. The van der Waals surface area contributed by atoms with E-state index in [4.69, 9.17) is 9.47 Å². The molecule has 3 N–H and O–H groups in total. The summed E-state index contributed by atoms with van der Waals surface area (Å²) in [4.78, 5) is 48.8. The van der Waals surface area contributed by atoms with Gasteiger partial charge in [-0.05, 0) is 64.7 Å². The summed E-state index contributed by atoms with van der Waals surface area (Å²) in [6, 6.07) is 7.21. The van der Waals surface area contributed by atoms with Crippen molar-refractivity contribution in [2.45, 2.75) is 69.2 Å². The van der Waals surface area contributed by atoms with E-state index >= 15 is 0 Å². The molecule has 12 heteroatoms. The van der Waals surface area contributed by atoms with Gasteiger partial charge in [0.1, 0.15) is 24.9 Å². The number of benzene rings is 1. The molecule has 4 aliphatic heterocycles. The molecule has 1 aromatic rings. The minimum Gasteiger partial charge on any atom is -0.508 e. The van der Waals surface area contributed by atoms with Gasteiger partial charge >= 0.3 is 0 Å². The van der Waals surface area contributed by atoms with Crippen molar-refractivity contribution in [2.24, 2.45) is 0 Å². The van der Waals surface area contributed by atoms with Gasteiger partial charge in [0.2, 0.25) is 17.7 Å². The van der Waals surface area contributed by atoms with Crippen molar-refractivity contribution in [3.05, 3.63) is 29.8 Å². The van der Waals surface area contributed by atoms with Gasteiger partial charge in [-0.3, -0.25) is 19.3 Å². The highest BCUT2D eigenvalue weighted by Crippen LogP contribution is 2.25. The molecular weight excluding hydrogens is 564 g/mol. The zero-order valence-corrected chi connectivity index (χ0v) is 26.1. The maximum absolute atomic E-state index is 13.9. The van der Waals surface area contributed by atoms with Gasteiger partial charge in [-0.25, -0.2) is 0 Å². The Labute approximate surface area is 261 Å². The highest BCUT2D eigenvalue weighted by Gasteiger charge is 2.39. The molecule has 44 heavy (non-hydrogen) atoms. The number of para-hydroxylation sites is 1. The highest BCUT2D eigenvalue weighted by atomic mass is 16.5. The molecule has 0 aliphatic carbocycles. The van der Waals surface area contributed by atoms with Crippen LogP contribution in [0.2, 0.25) is 0 Å². The molecular formula is C32H50N6O6. The van der Waals surface area contributed by atoms with Gasteiger partial charge in [-0.1, -0.05) is 18.2 Å². The Morgan fingerprint density at radius 2 is 1.59 bits per heavy atom. The van der Waals surface area contributed by atoms with Gasteiger partial charge in [0, 0.05) is 56.4 Å². The maximum Gasteiger partial charge on any atom is 0.249 e. The molecule has 4 heterocycles. The van der Waals surface area contributed by atoms with Crippen LogP contribution in [0, 0.1) is 0 Å². The summed E-state index contributed by atoms with van der Waals surface area (Å²) < 4.78 is 11.2. The number of phenolic OH excluding ortho intramolecular Hbond substituents is 1. The lowest BCUT2D eigenvalue weighted by atomic mass is 9.93. The number of likely N-dealkylation sites (tertiary alicyclic amines) is 2. The highest BCUT2D eigenvalue weighted by molar-refractivity contribution is 5.90. The van der Waals surface area contributed by atoms with E-state index in [2.05, 4.69) is 27.5 Å². The Morgan fingerprint density at radius 3 is 2.36 bits per heavy atom. The molecule has 0 bridgehead atoms. The number of hydrogen-bond acceptors (Lipinski definition) is 9. The van der Waals surface area contributed by atoms with Crippen LogP contribution in [0.25, 0.3) is 0 Å². The number of carbonyl (C=O) groups is 3. The van der Waals surface area contributed by atoms with E-state index in [0.29, 0.717) is 58.2 Å². The maximum atomic E-state index is 13.9. The Morgan fingerprint density at radius 1 is 0.864 bits per heavy atom. The fourth-order valence-electron chi connectivity index (χ4n) is 6.93. The topological polar surface area (TPSA) is 127 Å². The first-order valence-electron chi connectivity index (χ1n) is 16.3. The van der Waals surface area contributed by atoms with Gasteiger partial charge in [0.05, 0.1) is 19.8 Å². The summed E-state index contributed by atoms with van der Waals surface area (Å²) in [6.45, 7) is 5.79. The number of carbonyl (C=O) groups excluding carboxylic acids is 3. The molecule has 0 aromatic heterocycles. The van der Waals surface area contributed by atoms with Crippen LogP contribution in [-0.2, 0) is 30.4 Å². The second kappa shape index (κ2) is 16.0. The molecule has 244 valence electrons. The van der Waals surface area contributed by atoms with E-state index in [1.165, 1.54) is 0 Å². The minimum absolute atomic E-state index is 0.0698. The molecule has 4 fully saturated rings. The van der Waals surface area contributed by atoms with Crippen molar-refractivity contribution >= 4 is 17.7 Å².